The number of carbonyl (C=O) groups excluding carboxylic acids is 2. The third-order valence-corrected chi connectivity index (χ3v) is 8.41. The molecule has 1 N–H and O–H groups in total. The molecule has 3 aromatic rings. The predicted molar refractivity (Wildman–Crippen MR) is 143 cm³/mol. The van der Waals surface area contributed by atoms with E-state index < -0.39 is 0 Å². The molecule has 0 aromatic carbocycles. The van der Waals surface area contributed by atoms with Gasteiger partial charge in [-0.2, -0.15) is 4.98 Å². The molecule has 6 rings (SSSR count). The summed E-state index contributed by atoms with van der Waals surface area (Å²) >= 11 is 0. The van der Waals surface area contributed by atoms with Crippen molar-refractivity contribution in [2.45, 2.75) is 63.8 Å². The number of fused-ring (bicyclic) bond motifs is 2. The van der Waals surface area contributed by atoms with Gasteiger partial charge in [0.05, 0.1) is 11.9 Å². The lowest BCUT2D eigenvalue weighted by molar-refractivity contribution is -0.127. The first kappa shape index (κ1) is 23.9. The van der Waals surface area contributed by atoms with Gasteiger partial charge < -0.3 is 19.7 Å². The number of nitrogens with one attached hydrogen (secondary N) is 1. The SMILES string of the molecule is CN(C)C(=O)c1cc2cnc(Nc3ccc(N4CCC5CCCCC5C4=O)cn3)nc2n1C1CCCC1. The van der Waals surface area contributed by atoms with Crippen LogP contribution in [-0.2, 0) is 4.79 Å². The van der Waals surface area contributed by atoms with Crippen LogP contribution in [0.5, 0.6) is 0 Å². The maximum Gasteiger partial charge on any atom is 0.270 e. The standard InChI is InChI=1S/C28H35N7O2/c1-33(2)27(37)23-15-19-16-30-28(32-25(19)35(23)20-8-4-5-9-20)31-24-12-11-21(17-29-24)34-14-13-18-7-3-6-10-22(18)26(34)36/h11-12,15-18,20,22H,3-10,13-14H2,1-2H3,(H,29,30,31,32). The Morgan fingerprint density at radius 3 is 2.54 bits per heavy atom. The Balaban J connectivity index is 1.24. The number of pyridine rings is 1. The summed E-state index contributed by atoms with van der Waals surface area (Å²) in [4.78, 5) is 43.5. The molecule has 37 heavy (non-hydrogen) atoms. The second-order valence-electron chi connectivity index (χ2n) is 11.0. The Kier molecular flexibility index (Phi) is 6.30. The molecule has 9 nitrogen and oxygen atoms in total. The van der Waals surface area contributed by atoms with Crippen molar-refractivity contribution < 1.29 is 9.59 Å². The Morgan fingerprint density at radius 2 is 1.78 bits per heavy atom. The lowest BCUT2D eigenvalue weighted by Crippen LogP contribution is -2.46. The van der Waals surface area contributed by atoms with Crippen LogP contribution in [0.15, 0.2) is 30.6 Å². The van der Waals surface area contributed by atoms with Crippen LogP contribution in [0.3, 0.4) is 0 Å². The number of hydrogen-bond acceptors (Lipinski definition) is 6. The average Bonchev–Trinajstić information content (AvgIpc) is 3.57. The second-order valence-corrected chi connectivity index (χ2v) is 11.0. The molecule has 3 fully saturated rings. The fraction of sp³-hybridized carbons (Fsp3) is 0.536. The summed E-state index contributed by atoms with van der Waals surface area (Å²) < 4.78 is 2.11. The van der Waals surface area contributed by atoms with Crippen LogP contribution >= 0.6 is 0 Å². The van der Waals surface area contributed by atoms with Crippen LogP contribution in [0.1, 0.15) is 74.3 Å². The van der Waals surface area contributed by atoms with Gasteiger partial charge in [0.1, 0.15) is 17.2 Å². The third kappa shape index (κ3) is 4.45. The zero-order valence-corrected chi connectivity index (χ0v) is 21.7. The molecule has 2 saturated carbocycles. The number of carbonyl (C=O) groups is 2. The smallest absolute Gasteiger partial charge is 0.270 e. The van der Waals surface area contributed by atoms with Crippen molar-refractivity contribution in [3.8, 4) is 0 Å². The highest BCUT2D eigenvalue weighted by molar-refractivity contribution is 5.98. The summed E-state index contributed by atoms with van der Waals surface area (Å²) in [6.07, 6.45) is 13.6. The highest BCUT2D eigenvalue weighted by Crippen LogP contribution is 2.38. The number of nitrogens with zero attached hydrogens (tertiary/aromatic N) is 6. The van der Waals surface area contributed by atoms with Crippen molar-refractivity contribution in [1.82, 2.24) is 24.4 Å². The van der Waals surface area contributed by atoms with E-state index in [0.29, 0.717) is 23.4 Å². The van der Waals surface area contributed by atoms with Crippen molar-refractivity contribution in [3.63, 3.8) is 0 Å². The van der Waals surface area contributed by atoms with Crippen molar-refractivity contribution in [2.24, 2.45) is 11.8 Å². The number of hydrogen-bond donors (Lipinski definition) is 1. The van der Waals surface area contributed by atoms with E-state index in [2.05, 4.69) is 19.9 Å². The lowest BCUT2D eigenvalue weighted by Gasteiger charge is -2.40. The fourth-order valence-electron chi connectivity index (χ4n) is 6.47. The topological polar surface area (TPSA) is 96.2 Å². The van der Waals surface area contributed by atoms with E-state index in [0.717, 1.165) is 68.2 Å². The first-order valence-electron chi connectivity index (χ1n) is 13.6. The van der Waals surface area contributed by atoms with Crippen molar-refractivity contribution in [2.75, 3.05) is 30.9 Å². The summed E-state index contributed by atoms with van der Waals surface area (Å²) in [7, 11) is 3.55. The number of rotatable bonds is 5. The summed E-state index contributed by atoms with van der Waals surface area (Å²) in [6.45, 7) is 0.764. The van der Waals surface area contributed by atoms with Gasteiger partial charge in [0.2, 0.25) is 11.9 Å². The molecule has 0 spiro atoms. The molecular formula is C28H35N7O2. The highest BCUT2D eigenvalue weighted by Gasteiger charge is 2.38. The Labute approximate surface area is 217 Å². The van der Waals surface area contributed by atoms with Gasteiger partial charge in [0, 0.05) is 44.2 Å². The summed E-state index contributed by atoms with van der Waals surface area (Å²) in [5.41, 5.74) is 2.28. The number of aromatic nitrogens is 4. The monoisotopic (exact) mass is 501 g/mol. The fourth-order valence-corrected chi connectivity index (χ4v) is 6.47. The van der Waals surface area contributed by atoms with Gasteiger partial charge in [-0.05, 0) is 56.2 Å². The van der Waals surface area contributed by atoms with E-state index in [1.807, 2.05) is 23.1 Å². The van der Waals surface area contributed by atoms with Crippen LogP contribution in [0.4, 0.5) is 17.5 Å². The van der Waals surface area contributed by atoms with E-state index in [9.17, 15) is 9.59 Å². The molecule has 2 unspecified atom stereocenters. The minimum atomic E-state index is -0.0246. The van der Waals surface area contributed by atoms with Crippen LogP contribution in [-0.4, -0.2) is 56.9 Å². The largest absolute Gasteiger partial charge is 0.343 e. The van der Waals surface area contributed by atoms with Gasteiger partial charge in [-0.3, -0.25) is 9.59 Å². The van der Waals surface area contributed by atoms with Crippen LogP contribution < -0.4 is 10.2 Å². The minimum Gasteiger partial charge on any atom is -0.343 e. The van der Waals surface area contributed by atoms with E-state index in [1.165, 1.54) is 12.8 Å². The zero-order valence-electron chi connectivity index (χ0n) is 21.7. The van der Waals surface area contributed by atoms with Crippen molar-refractivity contribution in [1.29, 1.82) is 0 Å². The molecule has 2 atom stereocenters. The lowest BCUT2D eigenvalue weighted by atomic mass is 9.74. The zero-order chi connectivity index (χ0) is 25.5. The molecule has 1 saturated heterocycles. The first-order chi connectivity index (χ1) is 18.0. The molecule has 3 aromatic heterocycles. The number of anilines is 3. The average molecular weight is 502 g/mol. The maximum absolute atomic E-state index is 13.1. The van der Waals surface area contributed by atoms with Gasteiger partial charge in [0.25, 0.3) is 5.91 Å². The molecule has 2 amide bonds. The molecule has 194 valence electrons. The van der Waals surface area contributed by atoms with Gasteiger partial charge in [-0.1, -0.05) is 25.7 Å². The Hall–Kier alpha value is -3.49. The highest BCUT2D eigenvalue weighted by atomic mass is 16.2. The normalized spacial score (nSPS) is 22.3. The summed E-state index contributed by atoms with van der Waals surface area (Å²) in [5.74, 6) is 2.00. The Morgan fingerprint density at radius 1 is 1.00 bits per heavy atom. The third-order valence-electron chi connectivity index (χ3n) is 8.41. The molecule has 3 aliphatic rings. The van der Waals surface area contributed by atoms with Crippen molar-refractivity contribution in [3.05, 3.63) is 36.3 Å². The molecular weight excluding hydrogens is 466 g/mol. The molecule has 2 aliphatic carbocycles. The van der Waals surface area contributed by atoms with Crippen molar-refractivity contribution >= 4 is 40.3 Å². The molecule has 0 radical (unpaired) electrons. The predicted octanol–water partition coefficient (Wildman–Crippen LogP) is 4.93. The second kappa shape index (κ2) is 9.76. The van der Waals surface area contributed by atoms with Gasteiger partial charge >= 0.3 is 0 Å². The van der Waals surface area contributed by atoms with Gasteiger partial charge in [-0.15, -0.1) is 0 Å². The molecule has 1 aliphatic heterocycles. The summed E-state index contributed by atoms with van der Waals surface area (Å²) in [6, 6.07) is 5.99. The van der Waals surface area contributed by atoms with Gasteiger partial charge in [0.15, 0.2) is 0 Å². The van der Waals surface area contributed by atoms with E-state index in [-0.39, 0.29) is 23.8 Å². The van der Waals surface area contributed by atoms with E-state index in [1.54, 1.807) is 31.4 Å². The molecule has 4 heterocycles. The number of amides is 2. The first-order valence-corrected chi connectivity index (χ1v) is 13.6. The summed E-state index contributed by atoms with van der Waals surface area (Å²) in [5, 5.41) is 4.07. The van der Waals surface area contributed by atoms with E-state index >= 15 is 0 Å². The molecule has 9 heteroatoms. The quantitative estimate of drug-likeness (QED) is 0.533. The van der Waals surface area contributed by atoms with E-state index in [4.69, 9.17) is 4.98 Å². The van der Waals surface area contributed by atoms with Gasteiger partial charge in [-0.25, -0.2) is 9.97 Å². The number of piperidine rings is 1. The maximum atomic E-state index is 13.1. The minimum absolute atomic E-state index is 0.0246. The van der Waals surface area contributed by atoms with Crippen LogP contribution in [0, 0.1) is 11.8 Å². The molecule has 0 bridgehead atoms. The Bertz CT molecular complexity index is 1310. The van der Waals surface area contributed by atoms with Crippen LogP contribution in [0.2, 0.25) is 0 Å². The van der Waals surface area contributed by atoms with Crippen LogP contribution in [0.25, 0.3) is 11.0 Å².